The first-order valence-electron chi connectivity index (χ1n) is 5.34. The minimum atomic E-state index is 0.270. The van der Waals surface area contributed by atoms with Crippen molar-refractivity contribution >= 4 is 17.7 Å². The molecule has 0 aromatic heterocycles. The number of thioether (sulfide) groups is 1. The molecule has 0 unspecified atom stereocenters. The first kappa shape index (κ1) is 9.28. The monoisotopic (exact) mass is 219 g/mol. The lowest BCUT2D eigenvalue weighted by Gasteiger charge is -2.23. The maximum Gasteiger partial charge on any atom is 0.234 e. The number of hydrogen-bond acceptors (Lipinski definition) is 2. The molecule has 78 valence electrons. The van der Waals surface area contributed by atoms with Crippen LogP contribution in [0.1, 0.15) is 23.8 Å². The standard InChI is InChI=1S/C12H13NOS/c14-11-8-15-12(13(11)10-6-7-10)9-4-2-1-3-5-9/h1-5,10,12H,6-8H2/t12-/m0/s1. The Labute approximate surface area is 93.7 Å². The Hall–Kier alpha value is -0.960. The Morgan fingerprint density at radius 2 is 1.93 bits per heavy atom. The summed E-state index contributed by atoms with van der Waals surface area (Å²) < 4.78 is 0. The largest absolute Gasteiger partial charge is 0.323 e. The van der Waals surface area contributed by atoms with E-state index in [0.717, 1.165) is 0 Å². The van der Waals surface area contributed by atoms with Crippen molar-refractivity contribution in [3.8, 4) is 0 Å². The predicted molar refractivity (Wildman–Crippen MR) is 61.5 cm³/mol. The van der Waals surface area contributed by atoms with Crippen LogP contribution in [0.5, 0.6) is 0 Å². The summed E-state index contributed by atoms with van der Waals surface area (Å²) in [7, 11) is 0. The molecule has 15 heavy (non-hydrogen) atoms. The van der Waals surface area contributed by atoms with E-state index in [1.54, 1.807) is 11.8 Å². The van der Waals surface area contributed by atoms with E-state index in [9.17, 15) is 4.79 Å². The van der Waals surface area contributed by atoms with E-state index in [1.165, 1.54) is 18.4 Å². The van der Waals surface area contributed by atoms with Crippen LogP contribution in [0.25, 0.3) is 0 Å². The number of nitrogens with zero attached hydrogens (tertiary/aromatic N) is 1. The molecular formula is C12H13NOS. The van der Waals surface area contributed by atoms with Crippen LogP contribution in [0.15, 0.2) is 30.3 Å². The molecule has 1 saturated carbocycles. The first-order chi connectivity index (χ1) is 7.36. The molecule has 0 bridgehead atoms. The van der Waals surface area contributed by atoms with Crippen molar-refractivity contribution in [3.63, 3.8) is 0 Å². The molecule has 0 spiro atoms. The fourth-order valence-corrected chi connectivity index (χ4v) is 3.31. The molecular weight excluding hydrogens is 206 g/mol. The van der Waals surface area contributed by atoms with Crippen molar-refractivity contribution in [2.24, 2.45) is 0 Å². The summed E-state index contributed by atoms with van der Waals surface area (Å²) in [5.74, 6) is 0.965. The van der Waals surface area contributed by atoms with Gasteiger partial charge in [0.1, 0.15) is 5.37 Å². The minimum Gasteiger partial charge on any atom is -0.323 e. The molecule has 3 rings (SSSR count). The van der Waals surface area contributed by atoms with Gasteiger partial charge in [0.05, 0.1) is 5.75 Å². The maximum absolute atomic E-state index is 11.7. The normalized spacial score (nSPS) is 26.0. The molecule has 1 heterocycles. The average molecular weight is 219 g/mol. The fraction of sp³-hybridized carbons (Fsp3) is 0.417. The van der Waals surface area contributed by atoms with Crippen LogP contribution in [0, 0.1) is 0 Å². The van der Waals surface area contributed by atoms with Gasteiger partial charge in [-0.2, -0.15) is 0 Å². The Kier molecular flexibility index (Phi) is 2.20. The van der Waals surface area contributed by atoms with Gasteiger partial charge in [-0.3, -0.25) is 4.79 Å². The molecule has 2 aliphatic rings. The molecule has 1 saturated heterocycles. The summed E-state index contributed by atoms with van der Waals surface area (Å²) in [5.41, 5.74) is 1.26. The highest BCUT2D eigenvalue weighted by molar-refractivity contribution is 8.00. The third-order valence-corrected chi connectivity index (χ3v) is 4.16. The third-order valence-electron chi connectivity index (χ3n) is 2.93. The Morgan fingerprint density at radius 3 is 2.60 bits per heavy atom. The summed E-state index contributed by atoms with van der Waals surface area (Å²) in [6.07, 6.45) is 2.38. The van der Waals surface area contributed by atoms with Gasteiger partial charge >= 0.3 is 0 Å². The molecule has 3 heteroatoms. The molecule has 1 aromatic rings. The van der Waals surface area contributed by atoms with Crippen LogP contribution in [0.4, 0.5) is 0 Å². The van der Waals surface area contributed by atoms with E-state index < -0.39 is 0 Å². The molecule has 1 aromatic carbocycles. The quantitative estimate of drug-likeness (QED) is 0.761. The van der Waals surface area contributed by atoms with Crippen molar-refractivity contribution in [1.29, 1.82) is 0 Å². The van der Waals surface area contributed by atoms with Crippen LogP contribution in [-0.2, 0) is 4.79 Å². The zero-order valence-electron chi connectivity index (χ0n) is 8.43. The second kappa shape index (κ2) is 3.56. The first-order valence-corrected chi connectivity index (χ1v) is 6.39. The van der Waals surface area contributed by atoms with Gasteiger partial charge < -0.3 is 4.90 Å². The van der Waals surface area contributed by atoms with Crippen molar-refractivity contribution < 1.29 is 4.79 Å². The van der Waals surface area contributed by atoms with E-state index in [1.807, 2.05) is 18.2 Å². The Bertz CT molecular complexity index is 374. The summed E-state index contributed by atoms with van der Waals surface area (Å²) in [4.78, 5) is 13.8. The number of rotatable bonds is 2. The molecule has 2 nitrogen and oxygen atoms in total. The van der Waals surface area contributed by atoms with Crippen molar-refractivity contribution in [1.82, 2.24) is 4.90 Å². The average Bonchev–Trinajstić information content (AvgIpc) is 3.03. The fourth-order valence-electron chi connectivity index (χ4n) is 2.06. The smallest absolute Gasteiger partial charge is 0.234 e. The number of benzene rings is 1. The number of carbonyl (C=O) groups is 1. The van der Waals surface area contributed by atoms with Gasteiger partial charge in [0.25, 0.3) is 0 Å². The molecule has 0 N–H and O–H groups in total. The van der Waals surface area contributed by atoms with Gasteiger partial charge in [0.2, 0.25) is 5.91 Å². The van der Waals surface area contributed by atoms with Crippen LogP contribution < -0.4 is 0 Å². The van der Waals surface area contributed by atoms with Crippen molar-refractivity contribution in [2.75, 3.05) is 5.75 Å². The second-order valence-corrected chi connectivity index (χ2v) is 5.17. The molecule has 1 aliphatic carbocycles. The van der Waals surface area contributed by atoms with E-state index in [4.69, 9.17) is 0 Å². The highest BCUT2D eigenvalue weighted by atomic mass is 32.2. The third kappa shape index (κ3) is 1.65. The lowest BCUT2D eigenvalue weighted by Crippen LogP contribution is -2.30. The second-order valence-electron chi connectivity index (χ2n) is 4.11. The summed E-state index contributed by atoms with van der Waals surface area (Å²) >= 11 is 1.76. The molecule has 1 amide bonds. The zero-order chi connectivity index (χ0) is 10.3. The topological polar surface area (TPSA) is 20.3 Å². The van der Waals surface area contributed by atoms with Gasteiger partial charge in [0.15, 0.2) is 0 Å². The van der Waals surface area contributed by atoms with E-state index in [-0.39, 0.29) is 5.37 Å². The zero-order valence-corrected chi connectivity index (χ0v) is 9.24. The van der Waals surface area contributed by atoms with Crippen LogP contribution in [-0.4, -0.2) is 22.6 Å². The Balaban J connectivity index is 1.89. The number of carbonyl (C=O) groups excluding carboxylic acids is 1. The molecule has 1 aliphatic heterocycles. The van der Waals surface area contributed by atoms with Gasteiger partial charge in [-0.15, -0.1) is 11.8 Å². The summed E-state index contributed by atoms with van der Waals surface area (Å²) in [6, 6.07) is 10.9. The lowest BCUT2D eigenvalue weighted by molar-refractivity contribution is -0.128. The Morgan fingerprint density at radius 1 is 1.20 bits per heavy atom. The molecule has 0 radical (unpaired) electrons. The van der Waals surface area contributed by atoms with Gasteiger partial charge in [-0.1, -0.05) is 30.3 Å². The minimum absolute atomic E-state index is 0.270. The van der Waals surface area contributed by atoms with Gasteiger partial charge in [-0.25, -0.2) is 0 Å². The highest BCUT2D eigenvalue weighted by Crippen LogP contribution is 2.44. The highest BCUT2D eigenvalue weighted by Gasteiger charge is 2.42. The van der Waals surface area contributed by atoms with Crippen LogP contribution in [0.2, 0.25) is 0 Å². The summed E-state index contributed by atoms with van der Waals surface area (Å²) in [5, 5.41) is 0.270. The van der Waals surface area contributed by atoms with Crippen LogP contribution in [0.3, 0.4) is 0 Å². The SMILES string of the molecule is O=C1CS[C@@H](c2ccccc2)N1C1CC1. The summed E-state index contributed by atoms with van der Waals surface area (Å²) in [6.45, 7) is 0. The van der Waals surface area contributed by atoms with E-state index >= 15 is 0 Å². The maximum atomic E-state index is 11.7. The number of hydrogen-bond donors (Lipinski definition) is 0. The van der Waals surface area contributed by atoms with Gasteiger partial charge in [0, 0.05) is 6.04 Å². The lowest BCUT2D eigenvalue weighted by atomic mass is 10.2. The van der Waals surface area contributed by atoms with Gasteiger partial charge in [-0.05, 0) is 18.4 Å². The van der Waals surface area contributed by atoms with E-state index in [2.05, 4.69) is 17.0 Å². The number of amides is 1. The predicted octanol–water partition coefficient (Wildman–Crippen LogP) is 2.42. The van der Waals surface area contributed by atoms with E-state index in [0.29, 0.717) is 17.7 Å². The molecule has 2 fully saturated rings. The van der Waals surface area contributed by atoms with Crippen molar-refractivity contribution in [3.05, 3.63) is 35.9 Å². The van der Waals surface area contributed by atoms with Crippen molar-refractivity contribution in [2.45, 2.75) is 24.3 Å². The van der Waals surface area contributed by atoms with Crippen LogP contribution >= 0.6 is 11.8 Å². The molecule has 1 atom stereocenters.